The molecule has 0 aliphatic heterocycles. The van der Waals surface area contributed by atoms with Crippen molar-refractivity contribution >= 4 is 50.9 Å². The van der Waals surface area contributed by atoms with Crippen LogP contribution in [0, 0.1) is 0 Å². The van der Waals surface area contributed by atoms with Gasteiger partial charge in [-0.15, -0.1) is 0 Å². The Balaban J connectivity index is 1.76. The number of aromatic nitrogens is 1. The zero-order valence-electron chi connectivity index (χ0n) is 18.1. The Labute approximate surface area is 209 Å². The minimum atomic E-state index is -2.92. The fourth-order valence-electron chi connectivity index (χ4n) is 4.45. The van der Waals surface area contributed by atoms with Crippen LogP contribution in [-0.2, 0) is 6.54 Å². The van der Waals surface area contributed by atoms with Crippen LogP contribution in [-0.4, -0.2) is 17.1 Å². The summed E-state index contributed by atoms with van der Waals surface area (Å²) in [6.07, 6.45) is 0. The quantitative estimate of drug-likeness (QED) is 0.256. The molecule has 0 aliphatic carbocycles. The van der Waals surface area contributed by atoms with Crippen molar-refractivity contribution < 1.29 is 18.3 Å². The Kier molecular flexibility index (Phi) is 6.09. The molecule has 0 spiro atoms. The highest BCUT2D eigenvalue weighted by atomic mass is 35.5. The molecule has 1 amide bonds. The standard InChI is InChI=1S/C27H18Cl2F2N2O2/c28-20-7-3-8-21(29)24(20)16-10-11-18-23(13-16)33(22-9-2-6-19(25(18)22)26(32)34)14-15-4-1-5-17(12-15)35-27(30)31/h1-13,27H,14H2,(H2,32,34). The van der Waals surface area contributed by atoms with E-state index < -0.39 is 12.5 Å². The highest BCUT2D eigenvalue weighted by Gasteiger charge is 2.19. The topological polar surface area (TPSA) is 57.2 Å². The number of hydrogen-bond donors (Lipinski definition) is 1. The number of ether oxygens (including phenoxy) is 1. The first-order chi connectivity index (χ1) is 16.8. The van der Waals surface area contributed by atoms with Crippen LogP contribution in [0.25, 0.3) is 32.9 Å². The molecule has 2 N–H and O–H groups in total. The molecule has 5 rings (SSSR count). The van der Waals surface area contributed by atoms with Crippen molar-refractivity contribution in [2.24, 2.45) is 5.73 Å². The molecule has 0 radical (unpaired) electrons. The van der Waals surface area contributed by atoms with Crippen molar-refractivity contribution in [3.05, 3.63) is 100 Å². The maximum absolute atomic E-state index is 12.7. The number of nitrogens with zero attached hydrogens (tertiary/aromatic N) is 1. The molecule has 1 aromatic heterocycles. The van der Waals surface area contributed by atoms with Gasteiger partial charge in [-0.1, -0.05) is 59.6 Å². The largest absolute Gasteiger partial charge is 0.435 e. The highest BCUT2D eigenvalue weighted by molar-refractivity contribution is 6.39. The first kappa shape index (κ1) is 23.1. The number of rotatable bonds is 6. The summed E-state index contributed by atoms with van der Waals surface area (Å²) in [6, 6.07) is 22.9. The number of halogens is 4. The third kappa shape index (κ3) is 4.31. The summed E-state index contributed by atoms with van der Waals surface area (Å²) in [5, 5.41) is 2.55. The van der Waals surface area contributed by atoms with Gasteiger partial charge in [0.2, 0.25) is 5.91 Å². The van der Waals surface area contributed by atoms with Crippen molar-refractivity contribution in [1.82, 2.24) is 4.57 Å². The molecule has 0 saturated carbocycles. The number of carbonyl (C=O) groups is 1. The molecular formula is C27H18Cl2F2N2O2. The second-order valence-corrected chi connectivity index (χ2v) is 8.82. The van der Waals surface area contributed by atoms with Gasteiger partial charge in [-0.2, -0.15) is 8.78 Å². The fourth-order valence-corrected chi connectivity index (χ4v) is 5.07. The minimum Gasteiger partial charge on any atom is -0.435 e. The van der Waals surface area contributed by atoms with Gasteiger partial charge in [0.15, 0.2) is 0 Å². The van der Waals surface area contributed by atoms with Crippen LogP contribution in [0.1, 0.15) is 15.9 Å². The maximum atomic E-state index is 12.7. The number of hydrogen-bond acceptors (Lipinski definition) is 2. The number of fused-ring (bicyclic) bond motifs is 3. The summed E-state index contributed by atoms with van der Waals surface area (Å²) >= 11 is 12.9. The molecule has 0 unspecified atom stereocenters. The summed E-state index contributed by atoms with van der Waals surface area (Å²) in [5.41, 5.74) is 9.90. The zero-order chi connectivity index (χ0) is 24.7. The Morgan fingerprint density at radius 1 is 0.914 bits per heavy atom. The lowest BCUT2D eigenvalue weighted by Crippen LogP contribution is -2.11. The van der Waals surface area contributed by atoms with Crippen LogP contribution in [0.4, 0.5) is 8.78 Å². The van der Waals surface area contributed by atoms with E-state index in [9.17, 15) is 13.6 Å². The smallest absolute Gasteiger partial charge is 0.387 e. The number of benzene rings is 4. The fraction of sp³-hybridized carbons (Fsp3) is 0.0741. The first-order valence-corrected chi connectivity index (χ1v) is 11.4. The van der Waals surface area contributed by atoms with E-state index in [1.807, 2.05) is 34.9 Å². The van der Waals surface area contributed by atoms with Gasteiger partial charge < -0.3 is 15.0 Å². The third-order valence-electron chi connectivity index (χ3n) is 5.87. The predicted octanol–water partition coefficient (Wildman–Crippen LogP) is 7.52. The number of primary amides is 1. The first-order valence-electron chi connectivity index (χ1n) is 10.7. The van der Waals surface area contributed by atoms with Gasteiger partial charge in [0.05, 0.1) is 11.0 Å². The Morgan fingerprint density at radius 3 is 2.34 bits per heavy atom. The molecule has 0 bridgehead atoms. The Morgan fingerprint density at radius 2 is 1.63 bits per heavy atom. The van der Waals surface area contributed by atoms with E-state index in [1.165, 1.54) is 6.07 Å². The van der Waals surface area contributed by atoms with E-state index in [0.717, 1.165) is 27.5 Å². The summed E-state index contributed by atoms with van der Waals surface area (Å²) in [7, 11) is 0. The Bertz CT molecular complexity index is 1580. The van der Waals surface area contributed by atoms with E-state index >= 15 is 0 Å². The number of nitrogens with two attached hydrogens (primary N) is 1. The number of carbonyl (C=O) groups excluding carboxylic acids is 1. The summed E-state index contributed by atoms with van der Waals surface area (Å²) < 4.78 is 32.1. The predicted molar refractivity (Wildman–Crippen MR) is 136 cm³/mol. The minimum absolute atomic E-state index is 0.0691. The summed E-state index contributed by atoms with van der Waals surface area (Å²) in [5.74, 6) is -0.472. The molecule has 0 atom stereocenters. The summed E-state index contributed by atoms with van der Waals surface area (Å²) in [6.45, 7) is -2.58. The number of alkyl halides is 2. The lowest BCUT2D eigenvalue weighted by atomic mass is 10.0. The lowest BCUT2D eigenvalue weighted by molar-refractivity contribution is -0.0498. The van der Waals surface area contributed by atoms with Gasteiger partial charge in [-0.05, 0) is 53.6 Å². The number of amides is 1. The molecule has 176 valence electrons. The Hall–Kier alpha value is -3.61. The highest BCUT2D eigenvalue weighted by Crippen LogP contribution is 2.39. The molecular weight excluding hydrogens is 493 g/mol. The van der Waals surface area contributed by atoms with Crippen molar-refractivity contribution in [3.8, 4) is 16.9 Å². The van der Waals surface area contributed by atoms with E-state index in [0.29, 0.717) is 33.1 Å². The van der Waals surface area contributed by atoms with Crippen molar-refractivity contribution in [2.75, 3.05) is 0 Å². The van der Waals surface area contributed by atoms with Gasteiger partial charge in [0.1, 0.15) is 5.75 Å². The molecule has 0 fully saturated rings. The van der Waals surface area contributed by atoms with Gasteiger partial charge in [0.25, 0.3) is 0 Å². The van der Waals surface area contributed by atoms with Gasteiger partial charge in [-0.3, -0.25) is 4.79 Å². The molecule has 4 nitrogen and oxygen atoms in total. The van der Waals surface area contributed by atoms with Crippen LogP contribution >= 0.6 is 23.2 Å². The third-order valence-corrected chi connectivity index (χ3v) is 6.50. The molecule has 5 aromatic rings. The summed E-state index contributed by atoms with van der Waals surface area (Å²) in [4.78, 5) is 12.2. The van der Waals surface area contributed by atoms with E-state index in [2.05, 4.69) is 4.74 Å². The molecule has 8 heteroatoms. The average Bonchev–Trinajstić information content (AvgIpc) is 3.12. The maximum Gasteiger partial charge on any atom is 0.387 e. The van der Waals surface area contributed by atoms with E-state index in [-0.39, 0.29) is 5.75 Å². The second-order valence-electron chi connectivity index (χ2n) is 8.00. The van der Waals surface area contributed by atoms with Crippen LogP contribution < -0.4 is 10.5 Å². The van der Waals surface area contributed by atoms with E-state index in [1.54, 1.807) is 42.5 Å². The molecule has 0 aliphatic rings. The van der Waals surface area contributed by atoms with Crippen LogP contribution in [0.3, 0.4) is 0 Å². The van der Waals surface area contributed by atoms with Crippen LogP contribution in [0.15, 0.2) is 78.9 Å². The molecule has 1 heterocycles. The van der Waals surface area contributed by atoms with Crippen molar-refractivity contribution in [2.45, 2.75) is 13.2 Å². The SMILES string of the molecule is NC(=O)c1cccc2c1c1ccc(-c3c(Cl)cccc3Cl)cc1n2Cc1cccc(OC(F)F)c1. The molecule has 35 heavy (non-hydrogen) atoms. The second kappa shape index (κ2) is 9.21. The van der Waals surface area contributed by atoms with Crippen molar-refractivity contribution in [3.63, 3.8) is 0 Å². The van der Waals surface area contributed by atoms with Gasteiger partial charge in [-0.25, -0.2) is 0 Å². The van der Waals surface area contributed by atoms with E-state index in [4.69, 9.17) is 28.9 Å². The molecule has 0 saturated heterocycles. The monoisotopic (exact) mass is 510 g/mol. The lowest BCUT2D eigenvalue weighted by Gasteiger charge is -2.12. The van der Waals surface area contributed by atoms with Crippen LogP contribution in [0.5, 0.6) is 5.75 Å². The molecule has 4 aromatic carbocycles. The van der Waals surface area contributed by atoms with Crippen LogP contribution in [0.2, 0.25) is 10.0 Å². The van der Waals surface area contributed by atoms with Gasteiger partial charge in [0, 0.05) is 38.5 Å². The average molecular weight is 511 g/mol. The normalized spacial score (nSPS) is 11.5. The zero-order valence-corrected chi connectivity index (χ0v) is 19.7. The van der Waals surface area contributed by atoms with Gasteiger partial charge >= 0.3 is 6.61 Å². The van der Waals surface area contributed by atoms with Crippen molar-refractivity contribution in [1.29, 1.82) is 0 Å².